The second-order valence-corrected chi connectivity index (χ2v) is 8.07. The Morgan fingerprint density at radius 3 is 1.94 bits per heavy atom. The zero-order valence-corrected chi connectivity index (χ0v) is 21.0. The van der Waals surface area contributed by atoms with Crippen LogP contribution in [-0.4, -0.2) is 79.4 Å². The molecule has 5 atom stereocenters. The van der Waals surface area contributed by atoms with Gasteiger partial charge in [-0.15, -0.1) is 0 Å². The molecule has 12 heteroatoms. The highest BCUT2D eigenvalue weighted by molar-refractivity contribution is 5.74. The molecule has 1 amide bonds. The van der Waals surface area contributed by atoms with Gasteiger partial charge in [-0.05, 0) is 12.1 Å². The van der Waals surface area contributed by atoms with Crippen molar-refractivity contribution in [2.75, 3.05) is 20.3 Å². The molecule has 12 nitrogen and oxygen atoms in total. The largest absolute Gasteiger partial charge is 0.497 e. The van der Waals surface area contributed by atoms with Crippen molar-refractivity contribution >= 4 is 29.8 Å². The molecule has 0 N–H and O–H groups in total. The summed E-state index contributed by atoms with van der Waals surface area (Å²) >= 11 is 0. The van der Waals surface area contributed by atoms with Gasteiger partial charge in [0.1, 0.15) is 18.5 Å². The van der Waals surface area contributed by atoms with E-state index >= 15 is 0 Å². The van der Waals surface area contributed by atoms with Gasteiger partial charge in [-0.1, -0.05) is 12.1 Å². The van der Waals surface area contributed by atoms with E-state index in [-0.39, 0.29) is 12.5 Å². The summed E-state index contributed by atoms with van der Waals surface area (Å²) in [4.78, 5) is 61.1. The van der Waals surface area contributed by atoms with E-state index in [1.165, 1.54) is 18.9 Å². The predicted octanol–water partition coefficient (Wildman–Crippen LogP) is 1.30. The van der Waals surface area contributed by atoms with Gasteiger partial charge >= 0.3 is 23.9 Å². The first-order chi connectivity index (χ1) is 16.9. The first-order valence-electron chi connectivity index (χ1n) is 11.1. The summed E-state index contributed by atoms with van der Waals surface area (Å²) in [5.74, 6) is -2.65. The van der Waals surface area contributed by atoms with Gasteiger partial charge in [-0.2, -0.15) is 0 Å². The number of amides is 1. The summed E-state index contributed by atoms with van der Waals surface area (Å²) in [6, 6.07) is 6.83. The van der Waals surface area contributed by atoms with Crippen LogP contribution in [0.1, 0.15) is 46.4 Å². The zero-order valence-electron chi connectivity index (χ0n) is 21.0. The summed E-state index contributed by atoms with van der Waals surface area (Å²) in [6.45, 7) is 5.37. The molecule has 1 fully saturated rings. The van der Waals surface area contributed by atoms with Crippen LogP contribution in [0.5, 0.6) is 5.75 Å². The number of carbonyl (C=O) groups is 5. The van der Waals surface area contributed by atoms with E-state index in [4.69, 9.17) is 28.4 Å². The van der Waals surface area contributed by atoms with Crippen LogP contribution in [0.2, 0.25) is 0 Å². The minimum Gasteiger partial charge on any atom is -0.497 e. The molecule has 1 aliphatic heterocycles. The first-order valence-corrected chi connectivity index (χ1v) is 11.1. The summed E-state index contributed by atoms with van der Waals surface area (Å²) in [6.07, 6.45) is -5.91. The second-order valence-electron chi connectivity index (χ2n) is 8.07. The Labute approximate surface area is 208 Å². The third-order valence-corrected chi connectivity index (χ3v) is 5.20. The molecule has 198 valence electrons. The van der Waals surface area contributed by atoms with Crippen molar-refractivity contribution in [3.63, 3.8) is 0 Å². The van der Waals surface area contributed by atoms with Gasteiger partial charge in [0.05, 0.1) is 13.7 Å². The lowest BCUT2D eigenvalue weighted by Crippen LogP contribution is -2.53. The number of carbonyl (C=O) groups excluding carboxylic acids is 5. The van der Waals surface area contributed by atoms with Crippen LogP contribution in [0, 0.1) is 0 Å². The highest BCUT2D eigenvalue weighted by atomic mass is 16.6. The van der Waals surface area contributed by atoms with E-state index in [9.17, 15) is 24.0 Å². The number of hydrogen-bond acceptors (Lipinski definition) is 11. The van der Waals surface area contributed by atoms with Crippen LogP contribution >= 0.6 is 0 Å². The molecule has 0 radical (unpaired) electrons. The Hall–Kier alpha value is -3.67. The van der Waals surface area contributed by atoms with E-state index < -0.39 is 61.1 Å². The number of benzene rings is 1. The monoisotopic (exact) mass is 509 g/mol. The minimum atomic E-state index is -1.41. The lowest BCUT2D eigenvalue weighted by atomic mass is 10.0. The molecular weight excluding hydrogens is 478 g/mol. The maximum absolute atomic E-state index is 12.4. The quantitative estimate of drug-likeness (QED) is 0.332. The van der Waals surface area contributed by atoms with Crippen LogP contribution < -0.4 is 4.74 Å². The highest BCUT2D eigenvalue weighted by Crippen LogP contribution is 2.35. The number of ether oxygens (including phenoxy) is 6. The van der Waals surface area contributed by atoms with Gasteiger partial charge in [0.15, 0.2) is 24.5 Å². The molecule has 0 aromatic heterocycles. The van der Waals surface area contributed by atoms with Gasteiger partial charge in [-0.25, -0.2) is 0 Å². The topological polar surface area (TPSA) is 144 Å². The number of nitrogens with zero attached hydrogens (tertiary/aromatic N) is 1. The number of esters is 4. The first kappa shape index (κ1) is 28.6. The van der Waals surface area contributed by atoms with Crippen molar-refractivity contribution in [1.29, 1.82) is 0 Å². The smallest absolute Gasteiger partial charge is 0.303 e. The van der Waals surface area contributed by atoms with Crippen LogP contribution in [0.15, 0.2) is 24.3 Å². The molecule has 1 saturated heterocycles. The minimum absolute atomic E-state index is 0.0396. The molecule has 0 bridgehead atoms. The van der Waals surface area contributed by atoms with Gasteiger partial charge in [0, 0.05) is 40.2 Å². The maximum Gasteiger partial charge on any atom is 0.303 e. The molecule has 1 aliphatic rings. The lowest BCUT2D eigenvalue weighted by molar-refractivity contribution is -0.200. The molecule has 0 unspecified atom stereocenters. The Morgan fingerprint density at radius 1 is 0.889 bits per heavy atom. The second kappa shape index (κ2) is 12.9. The number of methoxy groups -OCH3 is 1. The van der Waals surface area contributed by atoms with E-state index in [0.717, 1.165) is 27.7 Å². The molecule has 0 saturated carbocycles. The van der Waals surface area contributed by atoms with E-state index in [0.29, 0.717) is 11.3 Å². The van der Waals surface area contributed by atoms with E-state index in [2.05, 4.69) is 0 Å². The Kier molecular flexibility index (Phi) is 10.2. The average Bonchev–Trinajstić information content (AvgIpc) is 3.24. The van der Waals surface area contributed by atoms with Crippen molar-refractivity contribution < 1.29 is 52.4 Å². The summed E-state index contributed by atoms with van der Waals surface area (Å²) in [7, 11) is 1.52. The molecule has 0 spiro atoms. The molecular formula is C24H31NO11. The third kappa shape index (κ3) is 7.94. The highest BCUT2D eigenvalue weighted by Gasteiger charge is 2.48. The van der Waals surface area contributed by atoms with Gasteiger partial charge < -0.3 is 33.3 Å². The number of rotatable bonds is 10. The van der Waals surface area contributed by atoms with Crippen LogP contribution in [0.4, 0.5) is 0 Å². The molecule has 1 aromatic carbocycles. The normalized spacial score (nSPS) is 19.4. The fourth-order valence-corrected chi connectivity index (χ4v) is 3.77. The molecule has 1 aromatic rings. The van der Waals surface area contributed by atoms with E-state index in [1.54, 1.807) is 24.3 Å². The molecule has 2 rings (SSSR count). The Balaban J connectivity index is 2.47. The molecule has 36 heavy (non-hydrogen) atoms. The lowest BCUT2D eigenvalue weighted by Gasteiger charge is -2.34. The van der Waals surface area contributed by atoms with Crippen molar-refractivity contribution in [2.24, 2.45) is 0 Å². The van der Waals surface area contributed by atoms with Gasteiger partial charge in [0.2, 0.25) is 5.91 Å². The summed E-state index contributed by atoms with van der Waals surface area (Å²) in [5.41, 5.74) is 0.621. The molecule has 0 aliphatic carbocycles. The van der Waals surface area contributed by atoms with Crippen molar-refractivity contribution in [2.45, 2.75) is 65.3 Å². The van der Waals surface area contributed by atoms with Crippen molar-refractivity contribution in [1.82, 2.24) is 4.90 Å². The Morgan fingerprint density at radius 2 is 1.47 bits per heavy atom. The average molecular weight is 510 g/mol. The fourth-order valence-electron chi connectivity index (χ4n) is 3.77. The van der Waals surface area contributed by atoms with Crippen LogP contribution in [-0.2, 0) is 47.7 Å². The third-order valence-electron chi connectivity index (χ3n) is 5.20. The molecule has 1 heterocycles. The maximum atomic E-state index is 12.4. The van der Waals surface area contributed by atoms with Crippen molar-refractivity contribution in [3.8, 4) is 5.75 Å². The number of hydrogen-bond donors (Lipinski definition) is 0. The predicted molar refractivity (Wildman–Crippen MR) is 121 cm³/mol. The summed E-state index contributed by atoms with van der Waals surface area (Å²) in [5, 5.41) is 0. The van der Waals surface area contributed by atoms with Crippen molar-refractivity contribution in [3.05, 3.63) is 29.8 Å². The van der Waals surface area contributed by atoms with Gasteiger partial charge in [0.25, 0.3) is 0 Å². The zero-order chi connectivity index (χ0) is 27.0. The SMILES string of the molecule is COc1ccc([C@H]2O[C@H]([C@@H](OC(C)=O)[C@H](OC(C)=O)[C@@H](COC(C)=O)OC(C)=O)CN2C(C)=O)cc1. The van der Waals surface area contributed by atoms with Crippen LogP contribution in [0.3, 0.4) is 0 Å². The Bertz CT molecular complexity index is 961. The van der Waals surface area contributed by atoms with Gasteiger partial charge in [-0.3, -0.25) is 24.0 Å². The van der Waals surface area contributed by atoms with E-state index in [1.807, 2.05) is 0 Å². The fraction of sp³-hybridized carbons (Fsp3) is 0.542. The van der Waals surface area contributed by atoms with Crippen LogP contribution in [0.25, 0.3) is 0 Å². The standard InChI is InChI=1S/C24H31NO11/c1-13(26)25-11-20(36-24(25)18-7-9-19(31-6)10-8-18)22(34-16(4)29)23(35-17(5)30)21(33-15(3)28)12-32-14(2)27/h7-10,20-24H,11-12H2,1-6H3/t20-,21+,22+,23+,24+/m0/s1. The summed E-state index contributed by atoms with van der Waals surface area (Å²) < 4.78 is 32.5.